The van der Waals surface area contributed by atoms with E-state index >= 15 is 0 Å². The third-order valence-electron chi connectivity index (χ3n) is 3.03. The summed E-state index contributed by atoms with van der Waals surface area (Å²) in [5.41, 5.74) is 2.00. The highest BCUT2D eigenvalue weighted by molar-refractivity contribution is 9.10. The maximum Gasteiger partial charge on any atom is 0.137 e. The number of hydrogen-bond acceptors (Lipinski definition) is 4. The molecule has 0 amide bonds. The van der Waals surface area contributed by atoms with Crippen LogP contribution in [-0.2, 0) is 6.54 Å². The molecular weight excluding hydrogens is 332 g/mol. The van der Waals surface area contributed by atoms with Crippen molar-refractivity contribution in [3.05, 3.63) is 65.3 Å². The van der Waals surface area contributed by atoms with Gasteiger partial charge in [0.05, 0.1) is 16.4 Å². The number of nitrogens with one attached hydrogen (secondary N) is 1. The molecule has 0 aliphatic rings. The Morgan fingerprint density at radius 1 is 1.24 bits per heavy atom. The van der Waals surface area contributed by atoms with Crippen LogP contribution in [0.1, 0.15) is 5.56 Å². The van der Waals surface area contributed by atoms with E-state index in [-0.39, 0.29) is 5.75 Å². The molecular formula is C15H13BrN4O. The van der Waals surface area contributed by atoms with Gasteiger partial charge >= 0.3 is 0 Å². The monoisotopic (exact) mass is 344 g/mol. The molecule has 0 saturated carbocycles. The number of rotatable bonds is 4. The average Bonchev–Trinajstić information content (AvgIpc) is 3.03. The van der Waals surface area contributed by atoms with Gasteiger partial charge in [-0.3, -0.25) is 4.57 Å². The number of halogens is 1. The number of imidazole rings is 1. The molecule has 0 bridgehead atoms. The SMILES string of the molecule is Oc1ccc(CNc2ccc(-n3ccnc3)nc2)cc1Br. The molecule has 0 radical (unpaired) electrons. The third kappa shape index (κ3) is 3.22. The molecule has 0 fully saturated rings. The van der Waals surface area contributed by atoms with Crippen molar-refractivity contribution < 1.29 is 5.11 Å². The van der Waals surface area contributed by atoms with Crippen molar-refractivity contribution in [1.29, 1.82) is 0 Å². The minimum absolute atomic E-state index is 0.241. The molecule has 0 atom stereocenters. The first kappa shape index (κ1) is 13.6. The van der Waals surface area contributed by atoms with Crippen LogP contribution in [0.4, 0.5) is 5.69 Å². The van der Waals surface area contributed by atoms with E-state index in [0.717, 1.165) is 17.1 Å². The largest absolute Gasteiger partial charge is 0.507 e. The van der Waals surface area contributed by atoms with Gasteiger partial charge in [-0.05, 0) is 45.8 Å². The molecule has 106 valence electrons. The number of phenols is 1. The molecule has 0 unspecified atom stereocenters. The Bertz CT molecular complexity index is 726. The molecule has 3 rings (SSSR count). The zero-order chi connectivity index (χ0) is 14.7. The van der Waals surface area contributed by atoms with E-state index in [1.807, 2.05) is 35.0 Å². The summed E-state index contributed by atoms with van der Waals surface area (Å²) in [7, 11) is 0. The van der Waals surface area contributed by atoms with Gasteiger partial charge in [0.25, 0.3) is 0 Å². The van der Waals surface area contributed by atoms with Gasteiger partial charge in [-0.2, -0.15) is 0 Å². The number of hydrogen-bond donors (Lipinski definition) is 2. The Labute approximate surface area is 130 Å². The summed E-state index contributed by atoms with van der Waals surface area (Å²) in [5, 5.41) is 12.8. The number of phenolic OH excluding ortho intramolecular Hbond substituents is 1. The minimum Gasteiger partial charge on any atom is -0.507 e. The van der Waals surface area contributed by atoms with Crippen LogP contribution in [0.2, 0.25) is 0 Å². The van der Waals surface area contributed by atoms with Crippen LogP contribution in [0.15, 0.2) is 59.7 Å². The van der Waals surface area contributed by atoms with Gasteiger partial charge in [0.2, 0.25) is 0 Å². The molecule has 0 saturated heterocycles. The molecule has 5 nitrogen and oxygen atoms in total. The maximum atomic E-state index is 9.47. The summed E-state index contributed by atoms with van der Waals surface area (Å²) in [6.45, 7) is 0.658. The second kappa shape index (κ2) is 5.97. The minimum atomic E-state index is 0.241. The lowest BCUT2D eigenvalue weighted by atomic mass is 10.2. The van der Waals surface area contributed by atoms with Crippen molar-refractivity contribution in [2.24, 2.45) is 0 Å². The van der Waals surface area contributed by atoms with Crippen LogP contribution < -0.4 is 5.32 Å². The van der Waals surface area contributed by atoms with Crippen LogP contribution in [0.3, 0.4) is 0 Å². The standard InChI is InChI=1S/C15H13BrN4O/c16-13-7-11(1-3-14(13)21)8-18-12-2-4-15(19-9-12)20-6-5-17-10-20/h1-7,9-10,18,21H,8H2. The predicted octanol–water partition coefficient (Wildman–Crippen LogP) is 3.35. The molecule has 0 aliphatic carbocycles. The van der Waals surface area contributed by atoms with Crippen LogP contribution >= 0.6 is 15.9 Å². The molecule has 1 aromatic carbocycles. The fraction of sp³-hybridized carbons (Fsp3) is 0.0667. The van der Waals surface area contributed by atoms with Crippen LogP contribution in [0, 0.1) is 0 Å². The molecule has 0 aliphatic heterocycles. The highest BCUT2D eigenvalue weighted by atomic mass is 79.9. The number of benzene rings is 1. The smallest absolute Gasteiger partial charge is 0.137 e. The van der Waals surface area contributed by atoms with E-state index in [4.69, 9.17) is 0 Å². The Hall–Kier alpha value is -2.34. The van der Waals surface area contributed by atoms with Crippen molar-refractivity contribution in [3.8, 4) is 11.6 Å². The molecule has 6 heteroatoms. The summed E-state index contributed by atoms with van der Waals surface area (Å²) in [5.74, 6) is 1.07. The van der Waals surface area contributed by atoms with Crippen molar-refractivity contribution >= 4 is 21.6 Å². The zero-order valence-electron chi connectivity index (χ0n) is 11.1. The number of aromatic nitrogens is 3. The molecule has 0 spiro atoms. The van der Waals surface area contributed by atoms with Crippen molar-refractivity contribution in [2.75, 3.05) is 5.32 Å². The molecule has 2 heterocycles. The van der Waals surface area contributed by atoms with Gasteiger partial charge in [-0.25, -0.2) is 9.97 Å². The maximum absolute atomic E-state index is 9.47. The summed E-state index contributed by atoms with van der Waals surface area (Å²) in [6, 6.07) is 9.33. The molecule has 2 aromatic heterocycles. The van der Waals surface area contributed by atoms with Crippen LogP contribution in [0.25, 0.3) is 5.82 Å². The van der Waals surface area contributed by atoms with Crippen molar-refractivity contribution in [1.82, 2.24) is 14.5 Å². The Kier molecular flexibility index (Phi) is 3.87. The summed E-state index contributed by atoms with van der Waals surface area (Å²) in [6.07, 6.45) is 7.06. The second-order valence-corrected chi connectivity index (χ2v) is 5.37. The molecule has 2 N–H and O–H groups in total. The Morgan fingerprint density at radius 3 is 2.81 bits per heavy atom. The molecule has 3 aromatic rings. The summed E-state index contributed by atoms with van der Waals surface area (Å²) < 4.78 is 2.54. The fourth-order valence-corrected chi connectivity index (χ4v) is 2.33. The lowest BCUT2D eigenvalue weighted by Crippen LogP contribution is -2.01. The zero-order valence-corrected chi connectivity index (χ0v) is 12.7. The van der Waals surface area contributed by atoms with Crippen molar-refractivity contribution in [3.63, 3.8) is 0 Å². The van der Waals surface area contributed by atoms with Gasteiger partial charge in [0.15, 0.2) is 0 Å². The van der Waals surface area contributed by atoms with Crippen molar-refractivity contribution in [2.45, 2.75) is 6.54 Å². The normalized spacial score (nSPS) is 10.5. The number of aromatic hydroxyl groups is 1. The van der Waals surface area contributed by atoms with Crippen LogP contribution in [-0.4, -0.2) is 19.6 Å². The Balaban J connectivity index is 1.66. The average molecular weight is 345 g/mol. The molecule has 21 heavy (non-hydrogen) atoms. The van der Waals surface area contributed by atoms with Gasteiger partial charge in [0.1, 0.15) is 17.9 Å². The first-order valence-corrected chi connectivity index (χ1v) is 7.17. The number of nitrogens with zero attached hydrogens (tertiary/aromatic N) is 3. The quantitative estimate of drug-likeness (QED) is 0.761. The number of anilines is 1. The highest BCUT2D eigenvalue weighted by Gasteiger charge is 2.01. The van der Waals surface area contributed by atoms with Gasteiger partial charge in [-0.15, -0.1) is 0 Å². The van der Waals surface area contributed by atoms with Gasteiger partial charge < -0.3 is 10.4 Å². The van der Waals surface area contributed by atoms with E-state index in [2.05, 4.69) is 31.2 Å². The topological polar surface area (TPSA) is 63.0 Å². The second-order valence-electron chi connectivity index (χ2n) is 4.51. The van der Waals surface area contributed by atoms with Crippen LogP contribution in [0.5, 0.6) is 5.75 Å². The first-order chi connectivity index (χ1) is 10.2. The lowest BCUT2D eigenvalue weighted by Gasteiger charge is -2.08. The van der Waals surface area contributed by atoms with E-state index in [9.17, 15) is 5.11 Å². The van der Waals surface area contributed by atoms with Gasteiger partial charge in [-0.1, -0.05) is 6.07 Å². The first-order valence-electron chi connectivity index (χ1n) is 6.38. The highest BCUT2D eigenvalue weighted by Crippen LogP contribution is 2.24. The van der Waals surface area contributed by atoms with E-state index in [1.54, 1.807) is 24.8 Å². The summed E-state index contributed by atoms with van der Waals surface area (Å²) >= 11 is 3.31. The van der Waals surface area contributed by atoms with E-state index in [0.29, 0.717) is 11.0 Å². The third-order valence-corrected chi connectivity index (χ3v) is 3.66. The van der Waals surface area contributed by atoms with E-state index in [1.165, 1.54) is 0 Å². The van der Waals surface area contributed by atoms with E-state index < -0.39 is 0 Å². The van der Waals surface area contributed by atoms with Gasteiger partial charge in [0, 0.05) is 18.9 Å². The fourth-order valence-electron chi connectivity index (χ4n) is 1.90. The number of pyridine rings is 1. The predicted molar refractivity (Wildman–Crippen MR) is 84.5 cm³/mol. The summed E-state index contributed by atoms with van der Waals surface area (Å²) in [4.78, 5) is 8.37. The lowest BCUT2D eigenvalue weighted by molar-refractivity contribution is 0.471. The Morgan fingerprint density at radius 2 is 2.14 bits per heavy atom.